The average Bonchev–Trinajstić information content (AvgIpc) is 2.36. The first kappa shape index (κ1) is 12.9. The van der Waals surface area contributed by atoms with Gasteiger partial charge in [-0.05, 0) is 43.2 Å². The largest absolute Gasteiger partial charge is 0.437 e. The highest BCUT2D eigenvalue weighted by Gasteiger charge is 2.10. The van der Waals surface area contributed by atoms with Crippen molar-refractivity contribution in [2.75, 3.05) is 5.73 Å². The van der Waals surface area contributed by atoms with Crippen molar-refractivity contribution in [1.29, 1.82) is 0 Å². The maximum atomic E-state index is 11.1. The summed E-state index contributed by atoms with van der Waals surface area (Å²) >= 11 is 0. The first-order valence-electron chi connectivity index (χ1n) is 5.79. The van der Waals surface area contributed by atoms with E-state index in [9.17, 15) is 4.79 Å². The Balaban J connectivity index is 2.40. The molecule has 19 heavy (non-hydrogen) atoms. The van der Waals surface area contributed by atoms with Crippen LogP contribution >= 0.6 is 0 Å². The first-order valence-corrected chi connectivity index (χ1v) is 5.79. The Kier molecular flexibility index (Phi) is 3.37. The van der Waals surface area contributed by atoms with Gasteiger partial charge in [0, 0.05) is 0 Å². The van der Waals surface area contributed by atoms with Crippen LogP contribution < -0.4 is 16.2 Å². The lowest BCUT2D eigenvalue weighted by Gasteiger charge is -2.11. The molecule has 0 unspecified atom stereocenters. The second-order valence-electron chi connectivity index (χ2n) is 4.33. The minimum atomic E-state index is -0.620. The lowest BCUT2D eigenvalue weighted by Crippen LogP contribution is -2.13. The molecule has 5 nitrogen and oxygen atoms in total. The molecule has 5 heteroatoms. The number of amides is 1. The molecule has 1 heterocycles. The number of benzene rings is 1. The van der Waals surface area contributed by atoms with Crippen LogP contribution in [0, 0.1) is 13.8 Å². The molecule has 0 saturated carbocycles. The van der Waals surface area contributed by atoms with Crippen molar-refractivity contribution in [1.82, 2.24) is 4.98 Å². The van der Waals surface area contributed by atoms with E-state index in [-0.39, 0.29) is 11.6 Å². The molecule has 4 N–H and O–H groups in total. The van der Waals surface area contributed by atoms with Crippen LogP contribution in [-0.4, -0.2) is 10.9 Å². The molecule has 1 aromatic heterocycles. The number of aryl methyl sites for hydroxylation is 2. The highest BCUT2D eigenvalue weighted by molar-refractivity contribution is 5.91. The van der Waals surface area contributed by atoms with E-state index in [1.807, 2.05) is 32.0 Å². The van der Waals surface area contributed by atoms with E-state index in [4.69, 9.17) is 16.2 Å². The number of rotatable bonds is 3. The van der Waals surface area contributed by atoms with Gasteiger partial charge < -0.3 is 16.2 Å². The van der Waals surface area contributed by atoms with Crippen molar-refractivity contribution in [3.63, 3.8) is 0 Å². The molecule has 0 saturated heterocycles. The summed E-state index contributed by atoms with van der Waals surface area (Å²) in [6.45, 7) is 3.88. The summed E-state index contributed by atoms with van der Waals surface area (Å²) in [7, 11) is 0. The number of pyridine rings is 1. The zero-order chi connectivity index (χ0) is 14.0. The summed E-state index contributed by atoms with van der Waals surface area (Å²) in [6, 6.07) is 8.83. The van der Waals surface area contributed by atoms with Crippen molar-refractivity contribution in [3.8, 4) is 11.6 Å². The zero-order valence-corrected chi connectivity index (χ0v) is 10.8. The Morgan fingerprint density at radius 2 is 1.95 bits per heavy atom. The third-order valence-corrected chi connectivity index (χ3v) is 2.69. The average molecular weight is 257 g/mol. The van der Waals surface area contributed by atoms with Gasteiger partial charge in [0.2, 0.25) is 5.88 Å². The number of primary amides is 1. The Bertz CT molecular complexity index is 639. The van der Waals surface area contributed by atoms with Crippen molar-refractivity contribution in [2.24, 2.45) is 5.73 Å². The Morgan fingerprint density at radius 3 is 2.63 bits per heavy atom. The molecule has 1 amide bonds. The Morgan fingerprint density at radius 1 is 1.21 bits per heavy atom. The number of anilines is 1. The fourth-order valence-corrected chi connectivity index (χ4v) is 1.59. The maximum absolute atomic E-state index is 11.1. The van der Waals surface area contributed by atoms with Crippen LogP contribution in [0.2, 0.25) is 0 Å². The molecular formula is C14H15N3O2. The number of hydrogen-bond acceptors (Lipinski definition) is 4. The standard InChI is InChI=1S/C14H15N3O2/c1-8-3-4-9(2)12(7-8)19-14-10(15)5-6-11(17-14)13(16)18/h3-7H,15H2,1-2H3,(H2,16,18). The van der Waals surface area contributed by atoms with Crippen molar-refractivity contribution >= 4 is 11.6 Å². The van der Waals surface area contributed by atoms with Gasteiger partial charge in [-0.1, -0.05) is 12.1 Å². The van der Waals surface area contributed by atoms with Crippen molar-refractivity contribution < 1.29 is 9.53 Å². The van der Waals surface area contributed by atoms with Gasteiger partial charge >= 0.3 is 0 Å². The Hall–Kier alpha value is -2.56. The van der Waals surface area contributed by atoms with Gasteiger partial charge in [-0.3, -0.25) is 4.79 Å². The van der Waals surface area contributed by atoms with Crippen LogP contribution in [0.1, 0.15) is 21.6 Å². The highest BCUT2D eigenvalue weighted by Crippen LogP contribution is 2.28. The van der Waals surface area contributed by atoms with Crippen LogP contribution in [0.25, 0.3) is 0 Å². The number of nitrogen functional groups attached to an aromatic ring is 1. The summed E-state index contributed by atoms with van der Waals surface area (Å²) in [5.74, 6) is 0.219. The minimum absolute atomic E-state index is 0.120. The van der Waals surface area contributed by atoms with Gasteiger partial charge in [0.1, 0.15) is 11.4 Å². The molecule has 0 bridgehead atoms. The summed E-state index contributed by atoms with van der Waals surface area (Å²) in [4.78, 5) is 15.1. The lowest BCUT2D eigenvalue weighted by atomic mass is 10.1. The molecule has 0 aliphatic heterocycles. The van der Waals surface area contributed by atoms with E-state index < -0.39 is 5.91 Å². The van der Waals surface area contributed by atoms with Crippen molar-refractivity contribution in [3.05, 3.63) is 47.2 Å². The molecule has 1 aromatic carbocycles. The molecule has 2 aromatic rings. The van der Waals surface area contributed by atoms with E-state index in [1.54, 1.807) is 6.07 Å². The van der Waals surface area contributed by atoms with Gasteiger partial charge in [0.15, 0.2) is 0 Å². The van der Waals surface area contributed by atoms with Crippen LogP contribution in [0.3, 0.4) is 0 Å². The van der Waals surface area contributed by atoms with Gasteiger partial charge in [0.25, 0.3) is 5.91 Å². The van der Waals surface area contributed by atoms with Gasteiger partial charge in [0.05, 0.1) is 5.69 Å². The van der Waals surface area contributed by atoms with Crippen LogP contribution in [-0.2, 0) is 0 Å². The van der Waals surface area contributed by atoms with Gasteiger partial charge in [-0.2, -0.15) is 0 Å². The molecule has 0 atom stereocenters. The SMILES string of the molecule is Cc1ccc(C)c(Oc2nc(C(N)=O)ccc2N)c1. The number of nitrogens with zero attached hydrogens (tertiary/aromatic N) is 1. The summed E-state index contributed by atoms with van der Waals surface area (Å²) in [5, 5.41) is 0. The summed E-state index contributed by atoms with van der Waals surface area (Å²) < 4.78 is 5.67. The fourth-order valence-electron chi connectivity index (χ4n) is 1.59. The second kappa shape index (κ2) is 4.97. The minimum Gasteiger partial charge on any atom is -0.437 e. The monoisotopic (exact) mass is 257 g/mol. The van der Waals surface area contributed by atoms with E-state index in [2.05, 4.69) is 4.98 Å². The molecule has 0 spiro atoms. The number of aromatic nitrogens is 1. The van der Waals surface area contributed by atoms with Gasteiger partial charge in [-0.25, -0.2) is 4.98 Å². The summed E-state index contributed by atoms with van der Waals surface area (Å²) in [5.41, 5.74) is 13.5. The predicted molar refractivity (Wildman–Crippen MR) is 73.2 cm³/mol. The Labute approximate surface area is 111 Å². The fraction of sp³-hybridized carbons (Fsp3) is 0.143. The topological polar surface area (TPSA) is 91.2 Å². The molecule has 98 valence electrons. The smallest absolute Gasteiger partial charge is 0.267 e. The lowest BCUT2D eigenvalue weighted by molar-refractivity contribution is 0.0995. The van der Waals surface area contributed by atoms with Crippen LogP contribution in [0.4, 0.5) is 5.69 Å². The molecule has 2 rings (SSSR count). The van der Waals surface area contributed by atoms with E-state index in [0.717, 1.165) is 11.1 Å². The second-order valence-corrected chi connectivity index (χ2v) is 4.33. The highest BCUT2D eigenvalue weighted by atomic mass is 16.5. The maximum Gasteiger partial charge on any atom is 0.267 e. The number of carbonyl (C=O) groups excluding carboxylic acids is 1. The zero-order valence-electron chi connectivity index (χ0n) is 10.8. The molecule has 0 aliphatic rings. The predicted octanol–water partition coefficient (Wildman–Crippen LogP) is 2.17. The number of nitrogens with two attached hydrogens (primary N) is 2. The molecule has 0 fully saturated rings. The molecular weight excluding hydrogens is 242 g/mol. The van der Waals surface area contributed by atoms with Gasteiger partial charge in [-0.15, -0.1) is 0 Å². The number of carbonyl (C=O) groups is 1. The normalized spacial score (nSPS) is 10.2. The molecule has 0 radical (unpaired) electrons. The number of hydrogen-bond donors (Lipinski definition) is 2. The first-order chi connectivity index (χ1) is 8.97. The number of ether oxygens (including phenoxy) is 1. The van der Waals surface area contributed by atoms with Crippen LogP contribution in [0.15, 0.2) is 30.3 Å². The van der Waals surface area contributed by atoms with Crippen LogP contribution in [0.5, 0.6) is 11.6 Å². The third-order valence-electron chi connectivity index (χ3n) is 2.69. The van der Waals surface area contributed by atoms with E-state index >= 15 is 0 Å². The quantitative estimate of drug-likeness (QED) is 0.881. The molecule has 0 aliphatic carbocycles. The van der Waals surface area contributed by atoms with Crippen molar-refractivity contribution in [2.45, 2.75) is 13.8 Å². The van der Waals surface area contributed by atoms with E-state index in [0.29, 0.717) is 11.4 Å². The summed E-state index contributed by atoms with van der Waals surface area (Å²) in [6.07, 6.45) is 0. The van der Waals surface area contributed by atoms with E-state index in [1.165, 1.54) is 6.07 Å². The third kappa shape index (κ3) is 2.82.